The van der Waals surface area contributed by atoms with Crippen molar-refractivity contribution in [2.75, 3.05) is 10.2 Å². The van der Waals surface area contributed by atoms with Gasteiger partial charge in [0, 0.05) is 34.1 Å². The van der Waals surface area contributed by atoms with Crippen LogP contribution in [-0.2, 0) is 4.79 Å². The van der Waals surface area contributed by atoms with Gasteiger partial charge in [0.1, 0.15) is 17.6 Å². The molecule has 1 aliphatic rings. The third kappa shape index (κ3) is 5.10. The number of hydrogen-bond donors (Lipinski definition) is 2. The van der Waals surface area contributed by atoms with Gasteiger partial charge < -0.3 is 20.0 Å². The quantitative estimate of drug-likeness (QED) is 0.260. The van der Waals surface area contributed by atoms with E-state index in [-0.39, 0.29) is 23.9 Å². The lowest BCUT2D eigenvalue weighted by atomic mass is 10.0. The van der Waals surface area contributed by atoms with Gasteiger partial charge in [-0.3, -0.25) is 9.78 Å². The minimum Gasteiger partial charge on any atom is -0.459 e. The summed E-state index contributed by atoms with van der Waals surface area (Å²) < 4.78 is 6.41. The van der Waals surface area contributed by atoms with Crippen molar-refractivity contribution in [2.45, 2.75) is 32.9 Å². The topological polar surface area (TPSA) is 70.4 Å². The number of furan rings is 1. The smallest absolute Gasteiger partial charge is 0.226 e. The zero-order chi connectivity index (χ0) is 26.1. The Morgan fingerprint density at radius 2 is 1.89 bits per heavy atom. The Kier molecular flexibility index (Phi) is 7.00. The third-order valence-corrected chi connectivity index (χ3v) is 6.98. The first kappa shape index (κ1) is 25.0. The number of halogens is 1. The number of thiocarbonyl (C=S) groups is 1. The van der Waals surface area contributed by atoms with Crippen LogP contribution in [0.5, 0.6) is 0 Å². The molecule has 2 N–H and O–H groups in total. The molecular formula is C29H27ClN4O2S. The summed E-state index contributed by atoms with van der Waals surface area (Å²) in [5, 5.41) is 7.70. The van der Waals surface area contributed by atoms with Gasteiger partial charge in [-0.05, 0) is 91.4 Å². The van der Waals surface area contributed by atoms with Gasteiger partial charge in [0.05, 0.1) is 11.7 Å². The van der Waals surface area contributed by atoms with Gasteiger partial charge in [0.15, 0.2) is 5.11 Å². The zero-order valence-electron chi connectivity index (χ0n) is 20.7. The number of nitrogens with zero attached hydrogens (tertiary/aromatic N) is 2. The molecule has 0 radical (unpaired) electrons. The molecule has 0 saturated carbocycles. The highest BCUT2D eigenvalue weighted by atomic mass is 35.5. The largest absolute Gasteiger partial charge is 0.459 e. The fourth-order valence-electron chi connectivity index (χ4n) is 4.42. The molecule has 1 saturated heterocycles. The van der Waals surface area contributed by atoms with E-state index in [9.17, 15) is 4.79 Å². The Hall–Kier alpha value is -3.68. The Bertz CT molecular complexity index is 1440. The first-order valence-electron chi connectivity index (χ1n) is 12.1. The molecule has 1 aliphatic heterocycles. The molecule has 5 rings (SSSR count). The summed E-state index contributed by atoms with van der Waals surface area (Å²) in [5.74, 6) is 1.37. The molecule has 3 heterocycles. The first-order chi connectivity index (χ1) is 17.8. The predicted octanol–water partition coefficient (Wildman–Crippen LogP) is 7.08. The van der Waals surface area contributed by atoms with Gasteiger partial charge >= 0.3 is 0 Å². The van der Waals surface area contributed by atoms with Crippen molar-refractivity contribution in [1.82, 2.24) is 10.3 Å². The van der Waals surface area contributed by atoms with E-state index in [4.69, 9.17) is 28.2 Å². The SMILES string of the molecule is Cc1cc(N2C(=S)N[C@H](c3ccccn3)[C@H]2c2ccc(-c3ccc(Cl)cc3)o2)ccc1NC(=O)C(C)C. The van der Waals surface area contributed by atoms with Crippen molar-refractivity contribution in [1.29, 1.82) is 0 Å². The fraction of sp³-hybridized carbons (Fsp3) is 0.207. The van der Waals surface area contributed by atoms with E-state index in [1.54, 1.807) is 6.20 Å². The van der Waals surface area contributed by atoms with Crippen molar-refractivity contribution in [3.05, 3.63) is 101 Å². The molecule has 6 nitrogen and oxygen atoms in total. The van der Waals surface area contributed by atoms with E-state index in [0.29, 0.717) is 10.1 Å². The molecule has 1 amide bonds. The van der Waals surface area contributed by atoms with Gasteiger partial charge in [-0.25, -0.2) is 0 Å². The van der Waals surface area contributed by atoms with E-state index < -0.39 is 0 Å². The molecule has 1 fully saturated rings. The number of benzene rings is 2. The van der Waals surface area contributed by atoms with Crippen molar-refractivity contribution >= 4 is 46.2 Å². The maximum absolute atomic E-state index is 12.3. The summed E-state index contributed by atoms with van der Waals surface area (Å²) in [4.78, 5) is 18.9. The highest BCUT2D eigenvalue weighted by molar-refractivity contribution is 7.80. The Balaban J connectivity index is 1.54. The number of aromatic nitrogens is 1. The summed E-state index contributed by atoms with van der Waals surface area (Å²) in [6.07, 6.45) is 1.78. The Labute approximate surface area is 226 Å². The van der Waals surface area contributed by atoms with Crippen LogP contribution >= 0.6 is 23.8 Å². The number of amides is 1. The normalized spacial score (nSPS) is 17.2. The molecule has 8 heteroatoms. The van der Waals surface area contributed by atoms with Gasteiger partial charge in [0.2, 0.25) is 5.91 Å². The van der Waals surface area contributed by atoms with Crippen LogP contribution in [0.15, 0.2) is 83.4 Å². The monoisotopic (exact) mass is 530 g/mol. The molecule has 188 valence electrons. The zero-order valence-corrected chi connectivity index (χ0v) is 22.3. The summed E-state index contributed by atoms with van der Waals surface area (Å²) in [5.41, 5.74) is 4.41. The molecule has 2 aromatic carbocycles. The lowest BCUT2D eigenvalue weighted by Gasteiger charge is -2.27. The van der Waals surface area contributed by atoms with Crippen molar-refractivity contribution in [3.8, 4) is 11.3 Å². The minimum absolute atomic E-state index is 0.0207. The van der Waals surface area contributed by atoms with E-state index in [0.717, 1.165) is 39.7 Å². The molecule has 0 spiro atoms. The fourth-order valence-corrected chi connectivity index (χ4v) is 4.89. The van der Waals surface area contributed by atoms with E-state index in [1.165, 1.54) is 0 Å². The second-order valence-electron chi connectivity index (χ2n) is 9.35. The van der Waals surface area contributed by atoms with Gasteiger partial charge in [-0.2, -0.15) is 0 Å². The summed E-state index contributed by atoms with van der Waals surface area (Å²) in [6.45, 7) is 5.72. The van der Waals surface area contributed by atoms with Crippen LogP contribution in [0.3, 0.4) is 0 Å². The number of carbonyl (C=O) groups is 1. The number of pyridine rings is 1. The van der Waals surface area contributed by atoms with Crippen molar-refractivity contribution in [2.24, 2.45) is 5.92 Å². The molecular weight excluding hydrogens is 504 g/mol. The highest BCUT2D eigenvalue weighted by Gasteiger charge is 2.42. The summed E-state index contributed by atoms with van der Waals surface area (Å²) in [6, 6.07) is 22.7. The van der Waals surface area contributed by atoms with Crippen molar-refractivity contribution < 1.29 is 9.21 Å². The van der Waals surface area contributed by atoms with E-state index >= 15 is 0 Å². The maximum Gasteiger partial charge on any atom is 0.226 e. The molecule has 0 aliphatic carbocycles. The molecule has 0 unspecified atom stereocenters. The van der Waals surface area contributed by atoms with E-state index in [2.05, 4.69) is 20.5 Å². The molecule has 37 heavy (non-hydrogen) atoms. The number of carbonyl (C=O) groups excluding carboxylic acids is 1. The van der Waals surface area contributed by atoms with Crippen LogP contribution in [-0.4, -0.2) is 16.0 Å². The number of nitrogens with one attached hydrogen (secondary N) is 2. The van der Waals surface area contributed by atoms with E-state index in [1.807, 2.05) is 93.6 Å². The van der Waals surface area contributed by atoms with Gasteiger partial charge in [-0.1, -0.05) is 31.5 Å². The number of rotatable bonds is 6. The number of anilines is 2. The number of aryl methyl sites for hydroxylation is 1. The molecule has 2 aromatic heterocycles. The second-order valence-corrected chi connectivity index (χ2v) is 10.2. The predicted molar refractivity (Wildman–Crippen MR) is 152 cm³/mol. The molecule has 4 aromatic rings. The first-order valence-corrected chi connectivity index (χ1v) is 12.9. The Morgan fingerprint density at radius 1 is 1.11 bits per heavy atom. The molecule has 0 bridgehead atoms. The Morgan fingerprint density at radius 3 is 2.57 bits per heavy atom. The van der Waals surface area contributed by atoms with Crippen LogP contribution < -0.4 is 15.5 Å². The average Bonchev–Trinajstić information content (AvgIpc) is 3.51. The minimum atomic E-state index is -0.279. The summed E-state index contributed by atoms with van der Waals surface area (Å²) >= 11 is 11.9. The lowest BCUT2D eigenvalue weighted by molar-refractivity contribution is -0.118. The lowest BCUT2D eigenvalue weighted by Crippen LogP contribution is -2.29. The van der Waals surface area contributed by atoms with Crippen molar-refractivity contribution in [3.63, 3.8) is 0 Å². The van der Waals surface area contributed by atoms with Crippen LogP contribution in [0.1, 0.15) is 42.9 Å². The van der Waals surface area contributed by atoms with Crippen LogP contribution in [0.25, 0.3) is 11.3 Å². The molecule has 2 atom stereocenters. The second kappa shape index (κ2) is 10.4. The highest BCUT2D eigenvalue weighted by Crippen LogP contribution is 2.43. The third-order valence-electron chi connectivity index (χ3n) is 6.42. The summed E-state index contributed by atoms with van der Waals surface area (Å²) in [7, 11) is 0. The van der Waals surface area contributed by atoms with Crippen LogP contribution in [0, 0.1) is 12.8 Å². The van der Waals surface area contributed by atoms with Crippen LogP contribution in [0.2, 0.25) is 5.02 Å². The maximum atomic E-state index is 12.3. The van der Waals surface area contributed by atoms with Gasteiger partial charge in [0.25, 0.3) is 0 Å². The standard InChI is InChI=1S/C29H27ClN4O2S/c1-17(2)28(35)32-22-12-11-21(16-18(22)3)34-27(26(33-29(34)37)23-6-4-5-15-31-23)25-14-13-24(36-25)19-7-9-20(30)10-8-19/h4-17,26-27H,1-3H3,(H,32,35)(H,33,37)/t26-,27-/m1/s1. The van der Waals surface area contributed by atoms with Crippen LogP contribution in [0.4, 0.5) is 11.4 Å². The number of hydrogen-bond acceptors (Lipinski definition) is 4. The average molecular weight is 531 g/mol. The van der Waals surface area contributed by atoms with Gasteiger partial charge in [-0.15, -0.1) is 0 Å².